The van der Waals surface area contributed by atoms with Crippen LogP contribution in [0.1, 0.15) is 44.9 Å². The molecule has 1 aliphatic heterocycles. The van der Waals surface area contributed by atoms with Crippen LogP contribution in [0.3, 0.4) is 0 Å². The van der Waals surface area contributed by atoms with E-state index in [1.165, 1.54) is 13.5 Å². The van der Waals surface area contributed by atoms with E-state index in [0.717, 1.165) is 25.7 Å². The summed E-state index contributed by atoms with van der Waals surface area (Å²) in [5.74, 6) is 0.219. The third kappa shape index (κ3) is 6.23. The van der Waals surface area contributed by atoms with Gasteiger partial charge in [-0.05, 0) is 25.7 Å². The highest BCUT2D eigenvalue weighted by atomic mass is 32.2. The van der Waals surface area contributed by atoms with E-state index in [9.17, 15) is 26.4 Å². The first-order valence-electron chi connectivity index (χ1n) is 9.46. The zero-order chi connectivity index (χ0) is 20.8. The first-order valence-corrected chi connectivity index (χ1v) is 10.9. The van der Waals surface area contributed by atoms with Crippen LogP contribution in [0.4, 0.5) is 13.2 Å². The zero-order valence-corrected chi connectivity index (χ0v) is 16.7. The third-order valence-corrected chi connectivity index (χ3v) is 6.67. The Labute approximate surface area is 163 Å². The average molecular weight is 427 g/mol. The number of alkyl halides is 3. The summed E-state index contributed by atoms with van der Waals surface area (Å²) in [7, 11) is -3.76. The van der Waals surface area contributed by atoms with E-state index < -0.39 is 15.5 Å². The van der Waals surface area contributed by atoms with Gasteiger partial charge in [0, 0.05) is 32.2 Å². The molecule has 1 saturated heterocycles. The summed E-state index contributed by atoms with van der Waals surface area (Å²) >= 11 is 0. The predicted octanol–water partition coefficient (Wildman–Crippen LogP) is 0.914. The molecule has 0 aromatic carbocycles. The van der Waals surface area contributed by atoms with Crippen molar-refractivity contribution in [3.05, 3.63) is 0 Å². The van der Waals surface area contributed by atoms with Gasteiger partial charge < -0.3 is 16.0 Å². The number of hydrogen-bond acceptors (Lipinski definition) is 4. The lowest BCUT2D eigenvalue weighted by molar-refractivity contribution is -0.120. The number of guanidine groups is 1. The van der Waals surface area contributed by atoms with Gasteiger partial charge in [-0.15, -0.1) is 0 Å². The summed E-state index contributed by atoms with van der Waals surface area (Å²) < 4.78 is 61.2. The van der Waals surface area contributed by atoms with Crippen molar-refractivity contribution < 1.29 is 26.4 Å². The molecular formula is C16H28F3N5O3S. The maximum atomic E-state index is 12.6. The van der Waals surface area contributed by atoms with Crippen molar-refractivity contribution in [2.75, 3.05) is 26.7 Å². The van der Waals surface area contributed by atoms with E-state index in [-0.39, 0.29) is 50.5 Å². The second kappa shape index (κ2) is 9.77. The van der Waals surface area contributed by atoms with Crippen molar-refractivity contribution in [2.45, 2.75) is 62.5 Å². The van der Waals surface area contributed by atoms with Crippen molar-refractivity contribution in [1.82, 2.24) is 20.3 Å². The van der Waals surface area contributed by atoms with Gasteiger partial charge in [-0.2, -0.15) is 17.5 Å². The minimum Gasteiger partial charge on any atom is -0.354 e. The molecule has 1 heterocycles. The first-order chi connectivity index (χ1) is 13.1. The molecule has 1 amide bonds. The minimum absolute atomic E-state index is 0.0392. The molecule has 0 atom stereocenters. The summed E-state index contributed by atoms with van der Waals surface area (Å²) in [5.41, 5.74) is -5.28. The molecule has 28 heavy (non-hydrogen) atoms. The van der Waals surface area contributed by atoms with Crippen LogP contribution >= 0.6 is 0 Å². The molecule has 8 nitrogen and oxygen atoms in total. The number of piperidine rings is 1. The van der Waals surface area contributed by atoms with Gasteiger partial charge in [0.25, 0.3) is 0 Å². The molecule has 0 aromatic rings. The summed E-state index contributed by atoms with van der Waals surface area (Å²) in [6.45, 7) is -0.408. The van der Waals surface area contributed by atoms with E-state index in [1.54, 1.807) is 0 Å². The monoisotopic (exact) mass is 427 g/mol. The van der Waals surface area contributed by atoms with Crippen LogP contribution in [0.25, 0.3) is 0 Å². The number of halogens is 3. The number of carbonyl (C=O) groups excluding carboxylic acids is 1. The van der Waals surface area contributed by atoms with Gasteiger partial charge in [0.15, 0.2) is 5.96 Å². The maximum Gasteiger partial charge on any atom is 0.511 e. The van der Waals surface area contributed by atoms with Crippen molar-refractivity contribution in [1.29, 1.82) is 0 Å². The van der Waals surface area contributed by atoms with Crippen LogP contribution in [0.5, 0.6) is 0 Å². The summed E-state index contributed by atoms with van der Waals surface area (Å²) in [5, 5.41) is 8.89. The summed E-state index contributed by atoms with van der Waals surface area (Å²) in [4.78, 5) is 16.0. The van der Waals surface area contributed by atoms with E-state index in [4.69, 9.17) is 0 Å². The number of sulfonamides is 1. The molecular weight excluding hydrogens is 399 g/mol. The molecule has 1 saturated carbocycles. The lowest BCUT2D eigenvalue weighted by Crippen LogP contribution is -2.52. The Hall–Kier alpha value is -1.56. The normalized spacial score (nSPS) is 21.4. The predicted molar refractivity (Wildman–Crippen MR) is 99.1 cm³/mol. The molecule has 0 aromatic heterocycles. The number of rotatable bonds is 5. The van der Waals surface area contributed by atoms with Gasteiger partial charge in [0.05, 0.1) is 6.54 Å². The van der Waals surface area contributed by atoms with Crippen LogP contribution in [0, 0.1) is 0 Å². The van der Waals surface area contributed by atoms with Gasteiger partial charge in [-0.1, -0.05) is 19.3 Å². The highest BCUT2D eigenvalue weighted by Gasteiger charge is 2.50. The highest BCUT2D eigenvalue weighted by molar-refractivity contribution is 7.90. The molecule has 12 heteroatoms. The van der Waals surface area contributed by atoms with E-state index >= 15 is 0 Å². The van der Waals surface area contributed by atoms with Crippen LogP contribution < -0.4 is 16.0 Å². The van der Waals surface area contributed by atoms with Gasteiger partial charge >= 0.3 is 15.5 Å². The van der Waals surface area contributed by atoms with Crippen molar-refractivity contribution in [3.63, 3.8) is 0 Å². The molecule has 162 valence electrons. The Bertz CT molecular complexity index is 655. The highest BCUT2D eigenvalue weighted by Crippen LogP contribution is 2.28. The Morgan fingerprint density at radius 3 is 2.14 bits per heavy atom. The molecule has 0 unspecified atom stereocenters. The van der Waals surface area contributed by atoms with Crippen molar-refractivity contribution in [2.24, 2.45) is 4.99 Å². The smallest absolute Gasteiger partial charge is 0.354 e. The van der Waals surface area contributed by atoms with Gasteiger partial charge in [-0.3, -0.25) is 9.79 Å². The number of aliphatic imine (C=N–C) groups is 1. The Kier molecular flexibility index (Phi) is 7.93. The van der Waals surface area contributed by atoms with Crippen LogP contribution in [-0.4, -0.2) is 68.9 Å². The molecule has 2 fully saturated rings. The fraction of sp³-hybridized carbons (Fsp3) is 0.875. The molecule has 2 rings (SSSR count). The molecule has 0 spiro atoms. The lowest BCUT2D eigenvalue weighted by atomic mass is 9.95. The number of carbonyl (C=O) groups is 1. The number of nitrogens with one attached hydrogen (secondary N) is 3. The van der Waals surface area contributed by atoms with Crippen molar-refractivity contribution >= 4 is 21.9 Å². The fourth-order valence-corrected chi connectivity index (χ4v) is 4.45. The third-order valence-electron chi connectivity index (χ3n) is 5.04. The first kappa shape index (κ1) is 22.7. The standard InChI is InChI=1S/C16H28F3N5O3S/c1-20-15(21-11-14(25)22-12-5-3-2-4-6-12)23-13-7-9-24(10-8-13)28(26,27)16(17,18)19/h12-13H,2-11H2,1H3,(H,22,25)(H2,20,21,23). The van der Waals surface area contributed by atoms with Crippen LogP contribution in [0.2, 0.25) is 0 Å². The van der Waals surface area contributed by atoms with E-state index in [1.807, 2.05) is 0 Å². The second-order valence-electron chi connectivity index (χ2n) is 7.10. The second-order valence-corrected chi connectivity index (χ2v) is 9.03. The molecule has 0 bridgehead atoms. The Morgan fingerprint density at radius 1 is 1.04 bits per heavy atom. The van der Waals surface area contributed by atoms with Gasteiger partial charge in [0.2, 0.25) is 5.91 Å². The van der Waals surface area contributed by atoms with Crippen LogP contribution in [0.15, 0.2) is 4.99 Å². The van der Waals surface area contributed by atoms with E-state index in [2.05, 4.69) is 20.9 Å². The number of nitrogens with zero attached hydrogens (tertiary/aromatic N) is 2. The van der Waals surface area contributed by atoms with E-state index in [0.29, 0.717) is 10.3 Å². The number of hydrogen-bond donors (Lipinski definition) is 3. The van der Waals surface area contributed by atoms with Crippen molar-refractivity contribution in [3.8, 4) is 0 Å². The molecule has 1 aliphatic carbocycles. The quantitative estimate of drug-likeness (QED) is 0.447. The minimum atomic E-state index is -5.29. The largest absolute Gasteiger partial charge is 0.511 e. The number of amides is 1. The Balaban J connectivity index is 1.74. The molecule has 2 aliphatic rings. The SMILES string of the molecule is CN=C(NCC(=O)NC1CCCCC1)NC1CCN(S(=O)(=O)C(F)(F)F)CC1. The average Bonchev–Trinajstić information content (AvgIpc) is 2.65. The molecule has 3 N–H and O–H groups in total. The Morgan fingerprint density at radius 2 is 1.61 bits per heavy atom. The fourth-order valence-electron chi connectivity index (χ4n) is 3.46. The van der Waals surface area contributed by atoms with Gasteiger partial charge in [-0.25, -0.2) is 8.42 Å². The summed E-state index contributed by atoms with van der Waals surface area (Å²) in [6.07, 6.45) is 5.82. The van der Waals surface area contributed by atoms with Gasteiger partial charge in [0.1, 0.15) is 0 Å². The van der Waals surface area contributed by atoms with Crippen LogP contribution in [-0.2, 0) is 14.8 Å². The molecule has 0 radical (unpaired) electrons. The topological polar surface area (TPSA) is 103 Å². The maximum absolute atomic E-state index is 12.6. The zero-order valence-electron chi connectivity index (χ0n) is 15.9. The summed E-state index contributed by atoms with van der Waals surface area (Å²) in [6, 6.07) is -0.0229. The lowest BCUT2D eigenvalue weighted by Gasteiger charge is -2.32.